The van der Waals surface area contributed by atoms with Crippen LogP contribution in [-0.2, 0) is 13.2 Å². The van der Waals surface area contributed by atoms with Crippen molar-refractivity contribution >= 4 is 0 Å². The summed E-state index contributed by atoms with van der Waals surface area (Å²) in [4.78, 5) is 0. The molecule has 0 aliphatic carbocycles. The molecule has 0 amide bonds. The summed E-state index contributed by atoms with van der Waals surface area (Å²) in [6.07, 6.45) is 2.90. The lowest BCUT2D eigenvalue weighted by atomic mass is 10.1. The first-order valence-corrected chi connectivity index (χ1v) is 4.87. The van der Waals surface area contributed by atoms with Gasteiger partial charge in [-0.25, -0.2) is 0 Å². The van der Waals surface area contributed by atoms with Gasteiger partial charge in [0, 0.05) is 6.54 Å². The van der Waals surface area contributed by atoms with Gasteiger partial charge in [0.2, 0.25) is 0 Å². The van der Waals surface area contributed by atoms with E-state index < -0.39 is 0 Å². The van der Waals surface area contributed by atoms with Crippen molar-refractivity contribution in [3.63, 3.8) is 0 Å². The van der Waals surface area contributed by atoms with Crippen LogP contribution >= 0.6 is 0 Å². The minimum absolute atomic E-state index is 0.115. The standard InChI is InChI=1S/C12H17NO/c1-2-3-8-13-9-11-4-6-12(10-14)7-5-11/h2,4-7,13-14H,1,3,8-10H2. The summed E-state index contributed by atoms with van der Waals surface area (Å²) < 4.78 is 0. The van der Waals surface area contributed by atoms with E-state index in [-0.39, 0.29) is 6.61 Å². The largest absolute Gasteiger partial charge is 0.392 e. The molecule has 0 spiro atoms. The Kier molecular flexibility index (Phi) is 4.97. The van der Waals surface area contributed by atoms with E-state index in [4.69, 9.17) is 5.11 Å². The molecule has 1 aromatic rings. The fourth-order valence-corrected chi connectivity index (χ4v) is 1.20. The Morgan fingerprint density at radius 3 is 2.43 bits per heavy atom. The molecular formula is C12H17NO. The molecule has 76 valence electrons. The van der Waals surface area contributed by atoms with Crippen molar-refractivity contribution in [1.29, 1.82) is 0 Å². The van der Waals surface area contributed by atoms with Crippen molar-refractivity contribution in [1.82, 2.24) is 5.32 Å². The molecule has 0 radical (unpaired) electrons. The van der Waals surface area contributed by atoms with Gasteiger partial charge in [0.05, 0.1) is 6.61 Å². The normalized spacial score (nSPS) is 10.1. The molecule has 0 aromatic heterocycles. The fraction of sp³-hybridized carbons (Fsp3) is 0.333. The minimum atomic E-state index is 0.115. The lowest BCUT2D eigenvalue weighted by Crippen LogP contribution is -2.13. The molecule has 0 saturated carbocycles. The first-order chi connectivity index (χ1) is 6.86. The van der Waals surface area contributed by atoms with Crippen molar-refractivity contribution in [3.05, 3.63) is 48.0 Å². The van der Waals surface area contributed by atoms with E-state index in [1.807, 2.05) is 30.3 Å². The van der Waals surface area contributed by atoms with Gasteiger partial charge in [0.1, 0.15) is 0 Å². The van der Waals surface area contributed by atoms with Gasteiger partial charge in [-0.15, -0.1) is 6.58 Å². The lowest BCUT2D eigenvalue weighted by molar-refractivity contribution is 0.282. The zero-order chi connectivity index (χ0) is 10.2. The fourth-order valence-electron chi connectivity index (χ4n) is 1.20. The molecule has 14 heavy (non-hydrogen) atoms. The molecule has 1 rings (SSSR count). The Hall–Kier alpha value is -1.12. The third kappa shape index (κ3) is 3.73. The highest BCUT2D eigenvalue weighted by molar-refractivity contribution is 5.21. The predicted molar refractivity (Wildman–Crippen MR) is 58.9 cm³/mol. The number of aliphatic hydroxyl groups is 1. The van der Waals surface area contributed by atoms with E-state index in [9.17, 15) is 0 Å². The molecule has 0 aliphatic rings. The predicted octanol–water partition coefficient (Wildman–Crippen LogP) is 1.84. The second-order valence-corrected chi connectivity index (χ2v) is 3.23. The molecule has 2 heteroatoms. The van der Waals surface area contributed by atoms with Crippen LogP contribution in [0.2, 0.25) is 0 Å². The summed E-state index contributed by atoms with van der Waals surface area (Å²) in [5.74, 6) is 0. The van der Waals surface area contributed by atoms with Crippen LogP contribution in [-0.4, -0.2) is 11.7 Å². The highest BCUT2D eigenvalue weighted by atomic mass is 16.3. The number of hydrogen-bond acceptors (Lipinski definition) is 2. The summed E-state index contributed by atoms with van der Waals surface area (Å²) in [5.41, 5.74) is 2.20. The summed E-state index contributed by atoms with van der Waals surface area (Å²) in [7, 11) is 0. The number of aliphatic hydroxyl groups excluding tert-OH is 1. The van der Waals surface area contributed by atoms with Gasteiger partial charge >= 0.3 is 0 Å². The molecule has 0 unspecified atom stereocenters. The maximum absolute atomic E-state index is 8.85. The number of nitrogens with one attached hydrogen (secondary N) is 1. The van der Waals surface area contributed by atoms with E-state index in [1.165, 1.54) is 5.56 Å². The van der Waals surface area contributed by atoms with Crippen molar-refractivity contribution in [2.75, 3.05) is 6.54 Å². The summed E-state index contributed by atoms with van der Waals surface area (Å²) >= 11 is 0. The molecule has 1 aromatic carbocycles. The van der Waals surface area contributed by atoms with E-state index >= 15 is 0 Å². The summed E-state index contributed by atoms with van der Waals surface area (Å²) in [6, 6.07) is 7.97. The monoisotopic (exact) mass is 191 g/mol. The zero-order valence-corrected chi connectivity index (χ0v) is 8.37. The van der Waals surface area contributed by atoms with Gasteiger partial charge in [0.25, 0.3) is 0 Å². The van der Waals surface area contributed by atoms with E-state index in [0.717, 1.165) is 25.1 Å². The Bertz CT molecular complexity index is 266. The molecule has 0 bridgehead atoms. The Balaban J connectivity index is 2.32. The molecule has 2 nitrogen and oxygen atoms in total. The van der Waals surface area contributed by atoms with Crippen LogP contribution in [0.3, 0.4) is 0 Å². The molecule has 0 atom stereocenters. The second-order valence-electron chi connectivity index (χ2n) is 3.23. The summed E-state index contributed by atoms with van der Waals surface area (Å²) in [5, 5.41) is 12.2. The van der Waals surface area contributed by atoms with Crippen LogP contribution in [0.1, 0.15) is 17.5 Å². The molecule has 0 aliphatic heterocycles. The van der Waals surface area contributed by atoms with Crippen LogP contribution in [0, 0.1) is 0 Å². The smallest absolute Gasteiger partial charge is 0.0681 e. The minimum Gasteiger partial charge on any atom is -0.392 e. The van der Waals surface area contributed by atoms with Crippen LogP contribution in [0.5, 0.6) is 0 Å². The third-order valence-electron chi connectivity index (χ3n) is 2.06. The third-order valence-corrected chi connectivity index (χ3v) is 2.06. The second kappa shape index (κ2) is 6.35. The first-order valence-electron chi connectivity index (χ1n) is 4.87. The Morgan fingerprint density at radius 1 is 1.21 bits per heavy atom. The van der Waals surface area contributed by atoms with Gasteiger partial charge in [0.15, 0.2) is 0 Å². The highest BCUT2D eigenvalue weighted by Crippen LogP contribution is 2.03. The number of hydrogen-bond donors (Lipinski definition) is 2. The average Bonchev–Trinajstić information content (AvgIpc) is 2.25. The van der Waals surface area contributed by atoms with Gasteiger partial charge in [-0.05, 0) is 24.1 Å². The van der Waals surface area contributed by atoms with Crippen LogP contribution < -0.4 is 5.32 Å². The first kappa shape index (κ1) is 11.0. The van der Waals surface area contributed by atoms with Crippen LogP contribution in [0.25, 0.3) is 0 Å². The topological polar surface area (TPSA) is 32.3 Å². The molecule has 0 saturated heterocycles. The lowest BCUT2D eigenvalue weighted by Gasteiger charge is -2.03. The molecule has 2 N–H and O–H groups in total. The Labute approximate surface area is 85.3 Å². The molecule has 0 heterocycles. The van der Waals surface area contributed by atoms with E-state index in [2.05, 4.69) is 11.9 Å². The van der Waals surface area contributed by atoms with Gasteiger partial charge in [-0.3, -0.25) is 0 Å². The number of rotatable bonds is 6. The van der Waals surface area contributed by atoms with E-state index in [0.29, 0.717) is 0 Å². The summed E-state index contributed by atoms with van der Waals surface area (Å²) in [6.45, 7) is 5.61. The van der Waals surface area contributed by atoms with Crippen molar-refractivity contribution in [2.45, 2.75) is 19.6 Å². The van der Waals surface area contributed by atoms with Crippen molar-refractivity contribution < 1.29 is 5.11 Å². The quantitative estimate of drug-likeness (QED) is 0.531. The van der Waals surface area contributed by atoms with Crippen molar-refractivity contribution in [2.24, 2.45) is 0 Å². The SMILES string of the molecule is C=CCCNCc1ccc(CO)cc1. The van der Waals surface area contributed by atoms with Gasteiger partial charge in [-0.1, -0.05) is 30.3 Å². The highest BCUT2D eigenvalue weighted by Gasteiger charge is 1.92. The zero-order valence-electron chi connectivity index (χ0n) is 8.37. The van der Waals surface area contributed by atoms with Crippen LogP contribution in [0.4, 0.5) is 0 Å². The van der Waals surface area contributed by atoms with Crippen LogP contribution in [0.15, 0.2) is 36.9 Å². The van der Waals surface area contributed by atoms with Gasteiger partial charge in [-0.2, -0.15) is 0 Å². The van der Waals surface area contributed by atoms with E-state index in [1.54, 1.807) is 0 Å². The molecular weight excluding hydrogens is 174 g/mol. The van der Waals surface area contributed by atoms with Crippen molar-refractivity contribution in [3.8, 4) is 0 Å². The van der Waals surface area contributed by atoms with Gasteiger partial charge < -0.3 is 10.4 Å². The average molecular weight is 191 g/mol. The maximum atomic E-state index is 8.85. The molecule has 0 fully saturated rings. The number of benzene rings is 1. The maximum Gasteiger partial charge on any atom is 0.0681 e. The Morgan fingerprint density at radius 2 is 1.86 bits per heavy atom.